The third-order valence-electron chi connectivity index (χ3n) is 5.59. The molecule has 0 saturated carbocycles. The molecule has 1 aliphatic rings. The number of aryl methyl sites for hydroxylation is 1. The van der Waals surface area contributed by atoms with Gasteiger partial charge in [-0.25, -0.2) is 8.42 Å². The van der Waals surface area contributed by atoms with Crippen LogP contribution in [0.1, 0.15) is 32.5 Å². The fourth-order valence-electron chi connectivity index (χ4n) is 3.64. The zero-order valence-corrected chi connectivity index (χ0v) is 19.6. The number of thiophene rings is 1. The van der Waals surface area contributed by atoms with E-state index >= 15 is 0 Å². The van der Waals surface area contributed by atoms with Crippen molar-refractivity contribution in [3.8, 4) is 0 Å². The summed E-state index contributed by atoms with van der Waals surface area (Å²) in [4.78, 5) is 29.0. The van der Waals surface area contributed by atoms with Crippen LogP contribution in [0.2, 0.25) is 0 Å². The molecule has 3 aromatic rings. The molecule has 32 heavy (non-hydrogen) atoms. The minimum atomic E-state index is -3.64. The van der Waals surface area contributed by atoms with Crippen LogP contribution in [0, 0.1) is 6.92 Å². The van der Waals surface area contributed by atoms with E-state index in [0.29, 0.717) is 36.6 Å². The molecule has 0 radical (unpaired) electrons. The first kappa shape index (κ1) is 22.2. The molecule has 1 aliphatic heterocycles. The molecule has 1 amide bonds. The van der Waals surface area contributed by atoms with Crippen LogP contribution in [-0.2, 0) is 9.84 Å². The highest BCUT2D eigenvalue weighted by molar-refractivity contribution is 7.93. The Balaban J connectivity index is 1.42. The van der Waals surface area contributed by atoms with E-state index in [0.717, 1.165) is 22.6 Å². The van der Waals surface area contributed by atoms with Gasteiger partial charge in [-0.05, 0) is 62.4 Å². The van der Waals surface area contributed by atoms with Gasteiger partial charge in [-0.2, -0.15) is 0 Å². The van der Waals surface area contributed by atoms with Crippen LogP contribution in [0.5, 0.6) is 0 Å². The second kappa shape index (κ2) is 8.88. The van der Waals surface area contributed by atoms with Gasteiger partial charge < -0.3 is 9.80 Å². The molecule has 0 unspecified atom stereocenters. The lowest BCUT2D eigenvalue weighted by atomic mass is 10.1. The summed E-state index contributed by atoms with van der Waals surface area (Å²) in [7, 11) is -3.64. The Hall–Kier alpha value is -2.97. The van der Waals surface area contributed by atoms with Crippen LogP contribution in [0.25, 0.3) is 0 Å². The molecule has 1 saturated heterocycles. The van der Waals surface area contributed by atoms with Crippen molar-refractivity contribution in [3.05, 3.63) is 76.7 Å². The van der Waals surface area contributed by atoms with E-state index in [1.54, 1.807) is 42.2 Å². The number of carbonyl (C=O) groups excluding carboxylic acids is 2. The van der Waals surface area contributed by atoms with E-state index in [4.69, 9.17) is 0 Å². The number of carbonyl (C=O) groups is 2. The zero-order chi connectivity index (χ0) is 22.9. The zero-order valence-electron chi connectivity index (χ0n) is 17.9. The molecule has 2 aromatic carbocycles. The lowest BCUT2D eigenvalue weighted by molar-refractivity contribution is 0.0751. The van der Waals surface area contributed by atoms with Gasteiger partial charge in [0.05, 0.1) is 9.77 Å². The molecule has 6 nitrogen and oxygen atoms in total. The molecule has 1 aromatic heterocycles. The van der Waals surface area contributed by atoms with Crippen LogP contribution >= 0.6 is 11.3 Å². The van der Waals surface area contributed by atoms with Gasteiger partial charge in [0.1, 0.15) is 4.21 Å². The summed E-state index contributed by atoms with van der Waals surface area (Å²) in [5.41, 5.74) is 2.68. The Morgan fingerprint density at radius 3 is 2.06 bits per heavy atom. The number of rotatable bonds is 5. The highest BCUT2D eigenvalue weighted by Crippen LogP contribution is 2.29. The van der Waals surface area contributed by atoms with E-state index in [1.807, 2.05) is 31.2 Å². The quantitative estimate of drug-likeness (QED) is 0.528. The molecule has 0 aliphatic carbocycles. The minimum absolute atomic E-state index is 0.0340. The Bertz CT molecular complexity index is 1240. The maximum absolute atomic E-state index is 13.0. The summed E-state index contributed by atoms with van der Waals surface area (Å²) in [6.45, 7) is 5.88. The number of anilines is 1. The van der Waals surface area contributed by atoms with E-state index < -0.39 is 9.84 Å². The van der Waals surface area contributed by atoms with Crippen LogP contribution in [0.15, 0.2) is 69.8 Å². The van der Waals surface area contributed by atoms with Gasteiger partial charge in [-0.1, -0.05) is 17.7 Å². The van der Waals surface area contributed by atoms with Gasteiger partial charge >= 0.3 is 0 Å². The number of piperazine rings is 1. The highest BCUT2D eigenvalue weighted by Gasteiger charge is 2.26. The molecule has 0 spiro atoms. The van der Waals surface area contributed by atoms with Crippen molar-refractivity contribution in [2.24, 2.45) is 0 Å². The number of amides is 1. The second-order valence-corrected chi connectivity index (χ2v) is 11.1. The van der Waals surface area contributed by atoms with Gasteiger partial charge in [-0.15, -0.1) is 11.3 Å². The lowest BCUT2D eigenvalue weighted by Gasteiger charge is -2.36. The van der Waals surface area contributed by atoms with Crippen molar-refractivity contribution in [1.29, 1.82) is 0 Å². The molecule has 0 N–H and O–H groups in total. The minimum Gasteiger partial charge on any atom is -0.368 e. The Morgan fingerprint density at radius 2 is 1.47 bits per heavy atom. The van der Waals surface area contributed by atoms with Crippen LogP contribution in [0.3, 0.4) is 0 Å². The monoisotopic (exact) mass is 468 g/mol. The maximum atomic E-state index is 13.0. The first-order valence-corrected chi connectivity index (χ1v) is 12.6. The van der Waals surface area contributed by atoms with Gasteiger partial charge in [0.25, 0.3) is 5.91 Å². The fourth-order valence-corrected chi connectivity index (χ4v) is 6.32. The Kier molecular flexibility index (Phi) is 6.17. The largest absolute Gasteiger partial charge is 0.368 e. The van der Waals surface area contributed by atoms with Crippen LogP contribution < -0.4 is 4.90 Å². The van der Waals surface area contributed by atoms with Gasteiger partial charge in [0.2, 0.25) is 9.84 Å². The number of ketones is 1. The molecule has 166 valence electrons. The Labute approximate surface area is 192 Å². The van der Waals surface area contributed by atoms with E-state index in [1.165, 1.54) is 6.07 Å². The molecule has 0 atom stereocenters. The smallest absolute Gasteiger partial charge is 0.264 e. The van der Waals surface area contributed by atoms with Crippen molar-refractivity contribution in [3.63, 3.8) is 0 Å². The summed E-state index contributed by atoms with van der Waals surface area (Å²) in [6, 6.07) is 17.3. The van der Waals surface area contributed by atoms with Gasteiger partial charge in [0, 0.05) is 37.4 Å². The summed E-state index contributed by atoms with van der Waals surface area (Å²) in [5.74, 6) is -0.112. The van der Waals surface area contributed by atoms with Crippen molar-refractivity contribution in [2.45, 2.75) is 23.0 Å². The van der Waals surface area contributed by atoms with Gasteiger partial charge in [0.15, 0.2) is 5.78 Å². The predicted molar refractivity (Wildman–Crippen MR) is 126 cm³/mol. The van der Waals surface area contributed by atoms with Crippen molar-refractivity contribution < 1.29 is 18.0 Å². The number of Topliss-reactive ketones (excluding diaryl/α,β-unsaturated/α-hetero) is 1. The van der Waals surface area contributed by atoms with Crippen molar-refractivity contribution >= 4 is 38.6 Å². The van der Waals surface area contributed by atoms with Crippen LogP contribution in [-0.4, -0.2) is 51.2 Å². The normalized spacial score (nSPS) is 14.4. The second-order valence-electron chi connectivity index (χ2n) is 7.82. The summed E-state index contributed by atoms with van der Waals surface area (Å²) >= 11 is 1.02. The highest BCUT2D eigenvalue weighted by atomic mass is 32.2. The molecule has 8 heteroatoms. The predicted octanol–water partition coefficient (Wildman–Crippen LogP) is 4.05. The summed E-state index contributed by atoms with van der Waals surface area (Å²) in [6.07, 6.45) is 0. The van der Waals surface area contributed by atoms with Crippen molar-refractivity contribution in [2.75, 3.05) is 31.1 Å². The molecular weight excluding hydrogens is 444 g/mol. The number of hydrogen-bond donors (Lipinski definition) is 0. The third kappa shape index (κ3) is 4.47. The third-order valence-corrected chi connectivity index (χ3v) is 8.93. The topological polar surface area (TPSA) is 74.8 Å². The van der Waals surface area contributed by atoms with E-state index in [2.05, 4.69) is 4.90 Å². The standard InChI is InChI=1S/C24H24N2O4S2/c1-17-3-9-21(10-4-17)32(29,30)23-12-11-22(31-23)24(28)26-15-13-25(14-16-26)20-7-5-19(6-8-20)18(2)27/h3-12H,13-16H2,1-2H3. The van der Waals surface area contributed by atoms with Gasteiger partial charge in [-0.3, -0.25) is 9.59 Å². The number of hydrogen-bond acceptors (Lipinski definition) is 6. The molecular formula is C24H24N2O4S2. The van der Waals surface area contributed by atoms with Crippen molar-refractivity contribution in [1.82, 2.24) is 4.90 Å². The number of nitrogens with zero attached hydrogens (tertiary/aromatic N) is 2. The molecule has 1 fully saturated rings. The van der Waals surface area contributed by atoms with Crippen LogP contribution in [0.4, 0.5) is 5.69 Å². The Morgan fingerprint density at radius 1 is 0.844 bits per heavy atom. The first-order chi connectivity index (χ1) is 15.3. The summed E-state index contributed by atoms with van der Waals surface area (Å²) < 4.78 is 25.9. The number of sulfone groups is 1. The van der Waals surface area contributed by atoms with E-state index in [-0.39, 0.29) is 20.8 Å². The molecule has 4 rings (SSSR count). The molecule has 0 bridgehead atoms. The summed E-state index contributed by atoms with van der Waals surface area (Å²) in [5, 5.41) is 0. The fraction of sp³-hybridized carbons (Fsp3) is 0.250. The average molecular weight is 469 g/mol. The molecule has 2 heterocycles. The maximum Gasteiger partial charge on any atom is 0.264 e. The average Bonchev–Trinajstić information content (AvgIpc) is 3.30. The lowest BCUT2D eigenvalue weighted by Crippen LogP contribution is -2.48. The van der Waals surface area contributed by atoms with E-state index in [9.17, 15) is 18.0 Å². The number of benzene rings is 2. The first-order valence-electron chi connectivity index (χ1n) is 10.3. The SMILES string of the molecule is CC(=O)c1ccc(N2CCN(C(=O)c3ccc(S(=O)(=O)c4ccc(C)cc4)s3)CC2)cc1.